The van der Waals surface area contributed by atoms with Crippen molar-refractivity contribution in [3.8, 4) is 0 Å². The summed E-state index contributed by atoms with van der Waals surface area (Å²) in [7, 11) is -1.18. The van der Waals surface area contributed by atoms with Crippen LogP contribution in [0.4, 0.5) is 0 Å². The summed E-state index contributed by atoms with van der Waals surface area (Å²) >= 11 is 0. The van der Waals surface area contributed by atoms with Crippen LogP contribution in [0.15, 0.2) is 24.3 Å². The van der Waals surface area contributed by atoms with Gasteiger partial charge < -0.3 is 5.32 Å². The van der Waals surface area contributed by atoms with E-state index in [0.717, 1.165) is 5.56 Å². The summed E-state index contributed by atoms with van der Waals surface area (Å²) in [4.78, 5) is 0. The highest BCUT2D eigenvalue weighted by Gasteiger charge is 2.39. The standard InChI is InChI=1S/C15H23NO2S/c1-4-9-19(17,18)14-10-11(2)12-7-5-6-8-13(12)15(14)16-3/h5-8,11,14-16H,4,9-10H2,1-3H3. The Kier molecular flexibility index (Phi) is 4.31. The second-order valence-corrected chi connectivity index (χ2v) is 7.78. The van der Waals surface area contributed by atoms with E-state index in [4.69, 9.17) is 0 Å². The van der Waals surface area contributed by atoms with Gasteiger partial charge in [0.15, 0.2) is 9.84 Å². The fourth-order valence-electron chi connectivity index (χ4n) is 3.19. The molecule has 0 radical (unpaired) electrons. The van der Waals surface area contributed by atoms with Crippen LogP contribution in [-0.2, 0) is 9.84 Å². The van der Waals surface area contributed by atoms with Crippen molar-refractivity contribution in [3.05, 3.63) is 35.4 Å². The van der Waals surface area contributed by atoms with Crippen molar-refractivity contribution in [2.24, 2.45) is 0 Å². The second-order valence-electron chi connectivity index (χ2n) is 5.44. The van der Waals surface area contributed by atoms with Crippen LogP contribution in [0.5, 0.6) is 0 Å². The number of nitrogens with one attached hydrogen (secondary N) is 1. The molecule has 1 aliphatic carbocycles. The molecule has 1 N–H and O–H groups in total. The highest BCUT2D eigenvalue weighted by Crippen LogP contribution is 2.40. The normalized spacial score (nSPS) is 27.0. The molecule has 3 nitrogen and oxygen atoms in total. The minimum Gasteiger partial charge on any atom is -0.312 e. The minimum absolute atomic E-state index is 0.0797. The third-order valence-electron chi connectivity index (χ3n) is 4.08. The molecule has 0 bridgehead atoms. The van der Waals surface area contributed by atoms with E-state index in [2.05, 4.69) is 24.4 Å². The quantitative estimate of drug-likeness (QED) is 0.923. The number of hydrogen-bond acceptors (Lipinski definition) is 3. The first-order valence-electron chi connectivity index (χ1n) is 6.99. The fraction of sp³-hybridized carbons (Fsp3) is 0.600. The van der Waals surface area contributed by atoms with Crippen LogP contribution in [0, 0.1) is 0 Å². The summed E-state index contributed by atoms with van der Waals surface area (Å²) in [5.41, 5.74) is 2.43. The Morgan fingerprint density at radius 1 is 1.26 bits per heavy atom. The average molecular weight is 281 g/mol. The monoisotopic (exact) mass is 281 g/mol. The number of benzene rings is 1. The fourth-order valence-corrected chi connectivity index (χ4v) is 5.34. The van der Waals surface area contributed by atoms with Gasteiger partial charge in [-0.3, -0.25) is 0 Å². The van der Waals surface area contributed by atoms with Gasteiger partial charge in [0, 0.05) is 6.04 Å². The Labute approximate surface area is 116 Å². The number of sulfone groups is 1. The molecule has 1 aromatic carbocycles. The van der Waals surface area contributed by atoms with Gasteiger partial charge in [0.2, 0.25) is 0 Å². The maximum absolute atomic E-state index is 12.5. The molecule has 0 saturated carbocycles. The Bertz CT molecular complexity index is 539. The summed E-state index contributed by atoms with van der Waals surface area (Å²) in [5, 5.41) is 2.91. The molecule has 1 aliphatic rings. The van der Waals surface area contributed by atoms with E-state index in [9.17, 15) is 8.42 Å². The number of fused-ring (bicyclic) bond motifs is 1. The van der Waals surface area contributed by atoms with Crippen molar-refractivity contribution in [1.29, 1.82) is 0 Å². The van der Waals surface area contributed by atoms with E-state index in [1.165, 1.54) is 5.56 Å². The molecular formula is C15H23NO2S. The van der Waals surface area contributed by atoms with E-state index >= 15 is 0 Å². The van der Waals surface area contributed by atoms with Crippen molar-refractivity contribution >= 4 is 9.84 Å². The maximum Gasteiger partial charge on any atom is 0.155 e. The maximum atomic E-state index is 12.5. The number of hydrogen-bond donors (Lipinski definition) is 1. The van der Waals surface area contributed by atoms with Crippen LogP contribution in [0.2, 0.25) is 0 Å². The van der Waals surface area contributed by atoms with Crippen LogP contribution in [0.1, 0.15) is 49.8 Å². The van der Waals surface area contributed by atoms with Gasteiger partial charge in [-0.2, -0.15) is 0 Å². The average Bonchev–Trinajstić information content (AvgIpc) is 2.38. The molecule has 2 rings (SSSR count). The zero-order valence-corrected chi connectivity index (χ0v) is 12.7. The third-order valence-corrected chi connectivity index (χ3v) is 6.44. The molecule has 0 heterocycles. The van der Waals surface area contributed by atoms with E-state index in [0.29, 0.717) is 18.8 Å². The van der Waals surface area contributed by atoms with E-state index in [-0.39, 0.29) is 17.0 Å². The molecule has 0 fully saturated rings. The van der Waals surface area contributed by atoms with Crippen molar-refractivity contribution in [2.45, 2.75) is 43.9 Å². The molecule has 0 spiro atoms. The molecule has 106 valence electrons. The first-order valence-corrected chi connectivity index (χ1v) is 8.70. The first kappa shape index (κ1) is 14.5. The minimum atomic E-state index is -3.03. The molecule has 1 aromatic rings. The lowest BCUT2D eigenvalue weighted by Gasteiger charge is -2.36. The van der Waals surface area contributed by atoms with Crippen LogP contribution < -0.4 is 5.32 Å². The zero-order chi connectivity index (χ0) is 14.0. The summed E-state index contributed by atoms with van der Waals surface area (Å²) < 4.78 is 24.9. The van der Waals surface area contributed by atoms with Gasteiger partial charge in [-0.1, -0.05) is 38.1 Å². The largest absolute Gasteiger partial charge is 0.312 e. The molecule has 19 heavy (non-hydrogen) atoms. The van der Waals surface area contributed by atoms with Gasteiger partial charge in [0.25, 0.3) is 0 Å². The summed E-state index contributed by atoms with van der Waals surface area (Å²) in [6, 6.07) is 8.12. The number of rotatable bonds is 4. The van der Waals surface area contributed by atoms with Crippen LogP contribution in [0.25, 0.3) is 0 Å². The highest BCUT2D eigenvalue weighted by atomic mass is 32.2. The third kappa shape index (κ3) is 2.70. The van der Waals surface area contributed by atoms with E-state index in [1.807, 2.05) is 26.1 Å². The van der Waals surface area contributed by atoms with E-state index in [1.54, 1.807) is 0 Å². The van der Waals surface area contributed by atoms with E-state index < -0.39 is 9.84 Å². The summed E-state index contributed by atoms with van der Waals surface area (Å²) in [6.45, 7) is 4.05. The molecule has 0 amide bonds. The summed E-state index contributed by atoms with van der Waals surface area (Å²) in [6.07, 6.45) is 1.40. The van der Waals surface area contributed by atoms with Crippen LogP contribution in [0.3, 0.4) is 0 Å². The van der Waals surface area contributed by atoms with Gasteiger partial charge in [0.1, 0.15) is 0 Å². The predicted molar refractivity (Wildman–Crippen MR) is 79.1 cm³/mol. The molecule has 3 unspecified atom stereocenters. The van der Waals surface area contributed by atoms with Crippen molar-refractivity contribution < 1.29 is 8.42 Å². The van der Waals surface area contributed by atoms with Gasteiger partial charge >= 0.3 is 0 Å². The predicted octanol–water partition coefficient (Wildman–Crippen LogP) is 2.65. The molecule has 3 atom stereocenters. The van der Waals surface area contributed by atoms with Crippen molar-refractivity contribution in [2.75, 3.05) is 12.8 Å². The SMILES string of the molecule is CCCS(=O)(=O)C1CC(C)c2ccccc2C1NC. The van der Waals surface area contributed by atoms with Gasteiger partial charge in [-0.15, -0.1) is 0 Å². The topological polar surface area (TPSA) is 46.2 Å². The van der Waals surface area contributed by atoms with Gasteiger partial charge in [0.05, 0.1) is 11.0 Å². The molecule has 0 aliphatic heterocycles. The zero-order valence-electron chi connectivity index (χ0n) is 11.9. The smallest absolute Gasteiger partial charge is 0.155 e. The Morgan fingerprint density at radius 2 is 1.89 bits per heavy atom. The second kappa shape index (κ2) is 5.63. The van der Waals surface area contributed by atoms with Crippen molar-refractivity contribution in [3.63, 3.8) is 0 Å². The van der Waals surface area contributed by atoms with Crippen LogP contribution >= 0.6 is 0 Å². The molecular weight excluding hydrogens is 258 g/mol. The van der Waals surface area contributed by atoms with Crippen molar-refractivity contribution in [1.82, 2.24) is 5.32 Å². The van der Waals surface area contributed by atoms with Crippen LogP contribution in [-0.4, -0.2) is 26.5 Å². The lowest BCUT2D eigenvalue weighted by Crippen LogP contribution is -2.41. The molecule has 4 heteroatoms. The lowest BCUT2D eigenvalue weighted by atomic mass is 9.81. The Balaban J connectivity index is 2.45. The molecule has 0 aromatic heterocycles. The van der Waals surface area contributed by atoms with Gasteiger partial charge in [-0.05, 0) is 36.9 Å². The highest BCUT2D eigenvalue weighted by molar-refractivity contribution is 7.92. The lowest BCUT2D eigenvalue weighted by molar-refractivity contribution is 0.446. The summed E-state index contributed by atoms with van der Waals surface area (Å²) in [5.74, 6) is 0.586. The Hall–Kier alpha value is -0.870. The first-order chi connectivity index (χ1) is 9.01. The molecule has 0 saturated heterocycles. The van der Waals surface area contributed by atoms with Gasteiger partial charge in [-0.25, -0.2) is 8.42 Å². The Morgan fingerprint density at radius 3 is 2.47 bits per heavy atom.